The van der Waals surface area contributed by atoms with Gasteiger partial charge in [0.1, 0.15) is 0 Å². The van der Waals surface area contributed by atoms with Crippen LogP contribution < -0.4 is 9.80 Å². The summed E-state index contributed by atoms with van der Waals surface area (Å²) in [6, 6.07) is 31.4. The minimum Gasteiger partial charge on any atom is -0.344 e. The molecule has 4 heteroatoms. The Bertz CT molecular complexity index is 1340. The number of nitrogens with zero attached hydrogens (tertiary/aromatic N) is 4. The Balaban J connectivity index is 1.59. The van der Waals surface area contributed by atoms with Crippen LogP contribution in [-0.4, -0.2) is 17.0 Å². The van der Waals surface area contributed by atoms with Gasteiger partial charge in [-0.1, -0.05) is 92.7 Å². The highest BCUT2D eigenvalue weighted by atomic mass is 15.2. The van der Waals surface area contributed by atoms with Gasteiger partial charge < -0.3 is 9.80 Å². The van der Waals surface area contributed by atoms with E-state index in [-0.39, 0.29) is 0 Å². The van der Waals surface area contributed by atoms with Crippen LogP contribution in [-0.2, 0) is 0 Å². The third kappa shape index (κ3) is 4.80. The molecule has 0 N–H and O–H groups in total. The van der Waals surface area contributed by atoms with Crippen LogP contribution in [0.15, 0.2) is 121 Å². The predicted molar refractivity (Wildman–Crippen MR) is 150 cm³/mol. The maximum absolute atomic E-state index is 4.71. The van der Waals surface area contributed by atoms with Gasteiger partial charge in [-0.25, -0.2) is 9.97 Å². The first-order chi connectivity index (χ1) is 17.7. The van der Waals surface area contributed by atoms with Gasteiger partial charge >= 0.3 is 0 Å². The highest BCUT2D eigenvalue weighted by molar-refractivity contribution is 5.77. The van der Waals surface area contributed by atoms with Crippen molar-refractivity contribution in [2.24, 2.45) is 5.92 Å². The van der Waals surface area contributed by atoms with Gasteiger partial charge in [0.2, 0.25) is 0 Å². The van der Waals surface area contributed by atoms with Gasteiger partial charge in [0.25, 0.3) is 0 Å². The Labute approximate surface area is 214 Å². The zero-order valence-electron chi connectivity index (χ0n) is 21.2. The number of hydrogen-bond acceptors (Lipinski definition) is 4. The average molecular weight is 473 g/mol. The first-order valence-corrected chi connectivity index (χ1v) is 12.6. The van der Waals surface area contributed by atoms with E-state index in [4.69, 9.17) is 9.97 Å². The quantitative estimate of drug-likeness (QED) is 0.275. The van der Waals surface area contributed by atoms with E-state index in [1.807, 2.05) is 42.7 Å². The highest BCUT2D eigenvalue weighted by Gasteiger charge is 2.28. The minimum absolute atomic E-state index is 0.376. The van der Waals surface area contributed by atoms with E-state index >= 15 is 0 Å². The summed E-state index contributed by atoms with van der Waals surface area (Å²) in [5.41, 5.74) is 8.28. The molecule has 1 aliphatic heterocycles. The van der Waals surface area contributed by atoms with Crippen molar-refractivity contribution >= 4 is 16.9 Å². The first kappa shape index (κ1) is 23.6. The maximum Gasteiger partial charge on any atom is 0.159 e. The molecule has 0 bridgehead atoms. The summed E-state index contributed by atoms with van der Waals surface area (Å²) in [6.45, 7) is 4.57. The Morgan fingerprint density at radius 2 is 1.36 bits per heavy atom. The van der Waals surface area contributed by atoms with Crippen LogP contribution in [0.2, 0.25) is 0 Å². The molecule has 0 saturated carbocycles. The van der Waals surface area contributed by atoms with Crippen LogP contribution >= 0.6 is 0 Å². The number of anilines is 2. The van der Waals surface area contributed by atoms with Crippen LogP contribution in [0.3, 0.4) is 0 Å². The van der Waals surface area contributed by atoms with Crippen LogP contribution in [0.1, 0.15) is 32.3 Å². The third-order valence-corrected chi connectivity index (χ3v) is 6.92. The van der Waals surface area contributed by atoms with Crippen molar-refractivity contribution in [1.29, 1.82) is 0 Å². The molecule has 0 aliphatic carbocycles. The molecule has 0 radical (unpaired) electrons. The molecule has 1 aliphatic rings. The highest BCUT2D eigenvalue weighted by Crippen LogP contribution is 2.40. The van der Waals surface area contributed by atoms with E-state index < -0.39 is 0 Å². The normalized spacial score (nSPS) is 14.4. The molecular weight excluding hydrogens is 440 g/mol. The molecule has 36 heavy (non-hydrogen) atoms. The second-order valence-electron chi connectivity index (χ2n) is 9.23. The lowest BCUT2D eigenvalue weighted by Crippen LogP contribution is -2.32. The third-order valence-electron chi connectivity index (χ3n) is 6.92. The summed E-state index contributed by atoms with van der Waals surface area (Å²) in [5, 5.41) is 0. The van der Waals surface area contributed by atoms with Crippen LogP contribution in [0.25, 0.3) is 17.0 Å². The Morgan fingerprint density at radius 3 is 1.94 bits per heavy atom. The zero-order chi connectivity index (χ0) is 24.9. The smallest absolute Gasteiger partial charge is 0.159 e. The number of para-hydroxylation sites is 1. The van der Waals surface area contributed by atoms with Gasteiger partial charge in [-0.15, -0.1) is 0 Å². The average Bonchev–Trinajstić information content (AvgIpc) is 2.97. The van der Waals surface area contributed by atoms with E-state index in [2.05, 4.69) is 97.6 Å². The van der Waals surface area contributed by atoms with Crippen molar-refractivity contribution < 1.29 is 0 Å². The fourth-order valence-corrected chi connectivity index (χ4v) is 4.70. The van der Waals surface area contributed by atoms with Crippen LogP contribution in [0, 0.1) is 5.92 Å². The van der Waals surface area contributed by atoms with Gasteiger partial charge in [-0.05, 0) is 35.6 Å². The van der Waals surface area contributed by atoms with Crippen molar-refractivity contribution in [3.8, 4) is 11.4 Å². The van der Waals surface area contributed by atoms with Gasteiger partial charge in [-0.2, -0.15) is 0 Å². The second kappa shape index (κ2) is 10.6. The van der Waals surface area contributed by atoms with Crippen molar-refractivity contribution in [3.05, 3.63) is 127 Å². The summed E-state index contributed by atoms with van der Waals surface area (Å²) in [6.07, 6.45) is 8.07. The number of benzene rings is 3. The predicted octanol–water partition coefficient (Wildman–Crippen LogP) is 7.79. The van der Waals surface area contributed by atoms with E-state index in [0.29, 0.717) is 5.92 Å². The van der Waals surface area contributed by atoms with Crippen LogP contribution in [0.5, 0.6) is 0 Å². The number of allylic oxidation sites excluding steroid dienone is 2. The van der Waals surface area contributed by atoms with E-state index in [9.17, 15) is 0 Å². The largest absolute Gasteiger partial charge is 0.344 e. The summed E-state index contributed by atoms with van der Waals surface area (Å²) in [5.74, 6) is 1.11. The van der Waals surface area contributed by atoms with Gasteiger partial charge in [0.05, 0.1) is 18.1 Å². The standard InChI is InChI=1S/C32H32N4/c1-4-24(2)31-30(35(3)29-21-33-32(34-22-29)26-16-10-6-11-17-26)20-27(25-14-8-5-9-15-25)23-36(31)28-18-12-7-13-19-28/h5-19,21-24H,4,20H2,1-3H3/t24-/m0/s1. The molecule has 2 heterocycles. The van der Waals surface area contributed by atoms with Crippen molar-refractivity contribution in [2.75, 3.05) is 16.8 Å². The zero-order valence-corrected chi connectivity index (χ0v) is 21.2. The summed E-state index contributed by atoms with van der Waals surface area (Å²) < 4.78 is 0. The molecule has 0 spiro atoms. The van der Waals surface area contributed by atoms with E-state index in [0.717, 1.165) is 29.9 Å². The lowest BCUT2D eigenvalue weighted by Gasteiger charge is -2.38. The summed E-state index contributed by atoms with van der Waals surface area (Å²) in [4.78, 5) is 14.1. The van der Waals surface area contributed by atoms with Crippen molar-refractivity contribution in [1.82, 2.24) is 9.97 Å². The SMILES string of the molecule is CC[C@H](C)C1=C(N(C)c2cnc(-c3ccccc3)nc2)CC(c2ccccc2)=CN1c1ccccc1. The molecule has 4 aromatic rings. The fraction of sp³-hybridized carbons (Fsp3) is 0.188. The van der Waals surface area contributed by atoms with E-state index in [1.165, 1.54) is 28.2 Å². The molecule has 3 aromatic carbocycles. The number of rotatable bonds is 7. The Kier molecular flexibility index (Phi) is 6.94. The molecule has 180 valence electrons. The maximum atomic E-state index is 4.71. The Hall–Kier alpha value is -4.18. The lowest BCUT2D eigenvalue weighted by molar-refractivity contribution is 0.623. The summed E-state index contributed by atoms with van der Waals surface area (Å²) in [7, 11) is 2.13. The van der Waals surface area contributed by atoms with Gasteiger partial charge in [-0.3, -0.25) is 0 Å². The van der Waals surface area contributed by atoms with Crippen LogP contribution in [0.4, 0.5) is 11.4 Å². The molecular formula is C32H32N4. The summed E-state index contributed by atoms with van der Waals surface area (Å²) >= 11 is 0. The number of aromatic nitrogens is 2. The molecule has 0 unspecified atom stereocenters. The van der Waals surface area contributed by atoms with Crippen molar-refractivity contribution in [2.45, 2.75) is 26.7 Å². The first-order valence-electron chi connectivity index (χ1n) is 12.6. The van der Waals surface area contributed by atoms with Gasteiger partial charge in [0.15, 0.2) is 5.82 Å². The minimum atomic E-state index is 0.376. The fourth-order valence-electron chi connectivity index (χ4n) is 4.70. The molecule has 5 rings (SSSR count). The molecule has 1 aromatic heterocycles. The topological polar surface area (TPSA) is 32.3 Å². The Morgan fingerprint density at radius 1 is 0.806 bits per heavy atom. The molecule has 0 fully saturated rings. The molecule has 4 nitrogen and oxygen atoms in total. The van der Waals surface area contributed by atoms with E-state index in [1.54, 1.807) is 0 Å². The molecule has 0 amide bonds. The lowest BCUT2D eigenvalue weighted by atomic mass is 9.91. The molecule has 0 saturated heterocycles. The second-order valence-corrected chi connectivity index (χ2v) is 9.23. The monoisotopic (exact) mass is 472 g/mol. The molecule has 1 atom stereocenters. The number of hydrogen-bond donors (Lipinski definition) is 0. The van der Waals surface area contributed by atoms with Gasteiger partial charge in [0, 0.05) is 42.3 Å². The van der Waals surface area contributed by atoms with Crippen molar-refractivity contribution in [3.63, 3.8) is 0 Å².